The molecule has 1 N–H and O–H groups in total. The number of alkyl halides is 3. The van der Waals surface area contributed by atoms with Crippen LogP contribution in [-0.2, 0) is 11.0 Å². The van der Waals surface area contributed by atoms with Gasteiger partial charge in [0.15, 0.2) is 0 Å². The maximum Gasteiger partial charge on any atom is 0.416 e. The number of likely N-dealkylation sites (tertiary alicyclic amines) is 1. The van der Waals surface area contributed by atoms with Crippen LogP contribution in [0.3, 0.4) is 0 Å². The maximum atomic E-state index is 13.5. The Kier molecular flexibility index (Phi) is 7.60. The van der Waals surface area contributed by atoms with Gasteiger partial charge in [-0.15, -0.1) is 0 Å². The molecule has 2 aromatic rings. The van der Waals surface area contributed by atoms with E-state index in [0.717, 1.165) is 44.2 Å². The number of benzene rings is 1. The van der Waals surface area contributed by atoms with Crippen molar-refractivity contribution in [1.29, 1.82) is 0 Å². The van der Waals surface area contributed by atoms with Crippen LogP contribution in [0.2, 0.25) is 0 Å². The number of carbonyl (C=O) groups is 1. The third-order valence-corrected chi connectivity index (χ3v) is 8.00. The number of nitrogens with one attached hydrogen (secondary N) is 1. The molecule has 1 aliphatic heterocycles. The van der Waals surface area contributed by atoms with Crippen molar-refractivity contribution in [2.75, 3.05) is 18.9 Å². The molecule has 2 aliphatic rings. The molecule has 35 heavy (non-hydrogen) atoms. The average Bonchev–Trinajstić information content (AvgIpc) is 3.17. The van der Waals surface area contributed by atoms with Crippen LogP contribution < -0.4 is 5.32 Å². The molecule has 0 bridgehead atoms. The number of carbonyl (C=O) groups excluding carboxylic acids is 1. The third-order valence-electron chi connectivity index (χ3n) is 8.00. The van der Waals surface area contributed by atoms with Crippen LogP contribution >= 0.6 is 0 Å². The molecule has 1 saturated heterocycles. The molecule has 0 radical (unpaired) electrons. The summed E-state index contributed by atoms with van der Waals surface area (Å²) in [5, 5.41) is 3.65. The maximum absolute atomic E-state index is 13.5. The second-order valence-corrected chi connectivity index (χ2v) is 10.4. The van der Waals surface area contributed by atoms with E-state index in [1.165, 1.54) is 6.07 Å². The van der Waals surface area contributed by atoms with Gasteiger partial charge in [-0.3, -0.25) is 9.78 Å². The van der Waals surface area contributed by atoms with Crippen molar-refractivity contribution in [3.63, 3.8) is 0 Å². The molecule has 4 atom stereocenters. The zero-order chi connectivity index (χ0) is 25.3. The number of nitrogens with zero attached hydrogens (tertiary/aromatic N) is 3. The molecular weight excluding hydrogens is 453 g/mol. The number of anilines is 1. The van der Waals surface area contributed by atoms with Gasteiger partial charge in [0.25, 0.3) is 0 Å². The predicted octanol–water partition coefficient (Wildman–Crippen LogP) is 5.94. The van der Waals surface area contributed by atoms with Gasteiger partial charge in [-0.05, 0) is 83.2 Å². The van der Waals surface area contributed by atoms with Crippen LogP contribution in [0.25, 0.3) is 10.9 Å². The van der Waals surface area contributed by atoms with Crippen molar-refractivity contribution < 1.29 is 18.0 Å². The minimum Gasteiger partial charge on any atom is -0.373 e. The molecule has 8 heteroatoms. The summed E-state index contributed by atoms with van der Waals surface area (Å²) in [6, 6.07) is 6.04. The highest BCUT2D eigenvalue weighted by Gasteiger charge is 2.42. The molecule has 1 aromatic carbocycles. The zero-order valence-electron chi connectivity index (χ0n) is 21.1. The molecule has 1 aromatic heterocycles. The van der Waals surface area contributed by atoms with Crippen LogP contribution in [0, 0.1) is 5.92 Å². The smallest absolute Gasteiger partial charge is 0.373 e. The minimum absolute atomic E-state index is 0.0590. The van der Waals surface area contributed by atoms with Crippen LogP contribution in [-0.4, -0.2) is 58.5 Å². The minimum atomic E-state index is -4.43. The number of aromatic nitrogens is 1. The molecule has 1 amide bonds. The van der Waals surface area contributed by atoms with E-state index >= 15 is 0 Å². The first kappa shape index (κ1) is 25.7. The van der Waals surface area contributed by atoms with E-state index in [1.807, 2.05) is 4.90 Å². The van der Waals surface area contributed by atoms with Crippen LogP contribution in [0.5, 0.6) is 0 Å². The highest BCUT2D eigenvalue weighted by Crippen LogP contribution is 2.37. The monoisotopic (exact) mass is 490 g/mol. The lowest BCUT2D eigenvalue weighted by Gasteiger charge is -2.44. The molecular formula is C27H37F3N4O. The number of rotatable bonds is 7. The Bertz CT molecular complexity index is 1040. The van der Waals surface area contributed by atoms with Gasteiger partial charge in [0, 0.05) is 41.9 Å². The first-order chi connectivity index (χ1) is 16.6. The Morgan fingerprint density at radius 3 is 2.66 bits per heavy atom. The van der Waals surface area contributed by atoms with E-state index in [2.05, 4.69) is 43.0 Å². The molecule has 0 unspecified atom stereocenters. The van der Waals surface area contributed by atoms with Gasteiger partial charge in [-0.25, -0.2) is 0 Å². The Morgan fingerprint density at radius 2 is 1.97 bits per heavy atom. The van der Waals surface area contributed by atoms with E-state index in [0.29, 0.717) is 47.6 Å². The van der Waals surface area contributed by atoms with Gasteiger partial charge in [-0.2, -0.15) is 13.2 Å². The first-order valence-corrected chi connectivity index (χ1v) is 12.8. The van der Waals surface area contributed by atoms with E-state index in [-0.39, 0.29) is 11.9 Å². The number of halogens is 3. The van der Waals surface area contributed by atoms with E-state index in [1.54, 1.807) is 12.3 Å². The van der Waals surface area contributed by atoms with Crippen molar-refractivity contribution >= 4 is 22.5 Å². The molecule has 1 aliphatic carbocycles. The second-order valence-electron chi connectivity index (χ2n) is 10.4. The van der Waals surface area contributed by atoms with Crippen LogP contribution in [0.15, 0.2) is 30.5 Å². The topological polar surface area (TPSA) is 48.5 Å². The van der Waals surface area contributed by atoms with Crippen molar-refractivity contribution in [3.05, 3.63) is 36.0 Å². The fourth-order valence-corrected chi connectivity index (χ4v) is 5.91. The molecule has 4 rings (SSSR count). The van der Waals surface area contributed by atoms with Crippen molar-refractivity contribution in [2.45, 2.75) is 89.6 Å². The number of fused-ring (bicyclic) bond motifs is 1. The number of pyridine rings is 1. The lowest BCUT2D eigenvalue weighted by atomic mass is 9.77. The summed E-state index contributed by atoms with van der Waals surface area (Å²) in [5.74, 6) is 0.530. The molecule has 2 fully saturated rings. The van der Waals surface area contributed by atoms with Crippen molar-refractivity contribution in [3.8, 4) is 0 Å². The van der Waals surface area contributed by atoms with E-state index in [4.69, 9.17) is 0 Å². The highest BCUT2D eigenvalue weighted by atomic mass is 19.4. The number of hydrogen-bond donors (Lipinski definition) is 1. The average molecular weight is 491 g/mol. The summed E-state index contributed by atoms with van der Waals surface area (Å²) in [7, 11) is 2.20. The van der Waals surface area contributed by atoms with E-state index in [9.17, 15) is 18.0 Å². The summed E-state index contributed by atoms with van der Waals surface area (Å²) in [5.41, 5.74) is 0.278. The van der Waals surface area contributed by atoms with Gasteiger partial charge in [0.1, 0.15) is 6.04 Å². The molecule has 5 nitrogen and oxygen atoms in total. The van der Waals surface area contributed by atoms with Crippen LogP contribution in [0.1, 0.15) is 64.9 Å². The van der Waals surface area contributed by atoms with Gasteiger partial charge in [0.2, 0.25) is 5.91 Å². The van der Waals surface area contributed by atoms with Crippen molar-refractivity contribution in [2.24, 2.45) is 5.92 Å². The summed E-state index contributed by atoms with van der Waals surface area (Å²) >= 11 is 0. The van der Waals surface area contributed by atoms with Gasteiger partial charge in [0.05, 0.1) is 11.1 Å². The Labute approximate surface area is 206 Å². The second kappa shape index (κ2) is 10.3. The standard InChI is InChI=1S/C27H37F3N4O/c1-5-6-18-15-20(33(4)17(2)3)8-10-25(18)34-14-12-24(26(34)35)32-23-11-13-31-22-9-7-19(16-21(22)23)27(28,29)30/h7,9,11,13,16-18,20,24-25H,5-6,8,10,12,14-15H2,1-4H3,(H,31,32)/t18-,20+,24+,25+/m1/s1. The molecule has 0 spiro atoms. The predicted molar refractivity (Wildman–Crippen MR) is 133 cm³/mol. The third kappa shape index (κ3) is 5.42. The SMILES string of the molecule is CCC[C@@H]1C[C@@H](N(C)C(C)C)CC[C@@H]1N1CC[C@H](Nc2ccnc3ccc(C(F)(F)F)cc23)C1=O. The Hall–Kier alpha value is -2.35. The molecule has 1 saturated carbocycles. The quantitative estimate of drug-likeness (QED) is 0.522. The Morgan fingerprint density at radius 1 is 1.20 bits per heavy atom. The lowest BCUT2D eigenvalue weighted by Crippen LogP contribution is -2.50. The largest absolute Gasteiger partial charge is 0.416 e. The number of hydrogen-bond acceptors (Lipinski definition) is 4. The lowest BCUT2D eigenvalue weighted by molar-refractivity contribution is -0.137. The van der Waals surface area contributed by atoms with Crippen LogP contribution in [0.4, 0.5) is 18.9 Å². The Balaban J connectivity index is 1.50. The first-order valence-electron chi connectivity index (χ1n) is 12.8. The highest BCUT2D eigenvalue weighted by molar-refractivity contribution is 5.95. The molecule has 2 heterocycles. The summed E-state index contributed by atoms with van der Waals surface area (Å²) in [4.78, 5) is 22.2. The van der Waals surface area contributed by atoms with Gasteiger partial charge in [-0.1, -0.05) is 13.3 Å². The van der Waals surface area contributed by atoms with Gasteiger partial charge >= 0.3 is 6.18 Å². The van der Waals surface area contributed by atoms with Gasteiger partial charge < -0.3 is 15.1 Å². The summed E-state index contributed by atoms with van der Waals surface area (Å²) in [6.45, 7) is 7.33. The van der Waals surface area contributed by atoms with Crippen molar-refractivity contribution in [1.82, 2.24) is 14.8 Å². The summed E-state index contributed by atoms with van der Waals surface area (Å²) in [6.07, 6.45) is 3.15. The number of amides is 1. The fraction of sp³-hybridized carbons (Fsp3) is 0.630. The fourth-order valence-electron chi connectivity index (χ4n) is 5.91. The zero-order valence-corrected chi connectivity index (χ0v) is 21.1. The summed E-state index contributed by atoms with van der Waals surface area (Å²) < 4.78 is 39.9. The molecule has 192 valence electrons. The van der Waals surface area contributed by atoms with E-state index < -0.39 is 17.8 Å². The normalized spacial score (nSPS) is 25.7.